The van der Waals surface area contributed by atoms with Crippen LogP contribution in [0.3, 0.4) is 0 Å². The van der Waals surface area contributed by atoms with Crippen LogP contribution in [0.2, 0.25) is 0 Å². The summed E-state index contributed by atoms with van der Waals surface area (Å²) in [6.07, 6.45) is 4.09. The number of rotatable bonds is 3. The van der Waals surface area contributed by atoms with Crippen LogP contribution < -0.4 is 5.73 Å². The third kappa shape index (κ3) is 14.6. The first kappa shape index (κ1) is 21.9. The number of benzene rings is 1. The van der Waals surface area contributed by atoms with Gasteiger partial charge in [0.15, 0.2) is 0 Å². The van der Waals surface area contributed by atoms with Gasteiger partial charge in [0, 0.05) is 7.11 Å². The molecule has 0 aliphatic rings. The molecule has 3 nitrogen and oxygen atoms in total. The van der Waals surface area contributed by atoms with E-state index in [9.17, 15) is 0 Å². The van der Waals surface area contributed by atoms with Crippen molar-refractivity contribution >= 4 is 6.41 Å². The van der Waals surface area contributed by atoms with Crippen molar-refractivity contribution in [2.75, 3.05) is 7.11 Å². The molecular formula is C15H29NO2. The van der Waals surface area contributed by atoms with E-state index in [0.717, 1.165) is 7.11 Å². The lowest BCUT2D eigenvalue weighted by atomic mass is 10.0. The number of amides is 1. The Labute approximate surface area is 112 Å². The Morgan fingerprint density at radius 3 is 2.06 bits per heavy atom. The summed E-state index contributed by atoms with van der Waals surface area (Å²) in [4.78, 5) is 8.58. The Bertz CT molecular complexity index is 262. The van der Waals surface area contributed by atoms with Crippen molar-refractivity contribution in [3.63, 3.8) is 0 Å². The Morgan fingerprint density at radius 2 is 1.67 bits per heavy atom. The summed E-state index contributed by atoms with van der Waals surface area (Å²) in [5, 5.41) is 7.00. The number of carbonyl (C=O) groups excluding carboxylic acids is 1. The summed E-state index contributed by atoms with van der Waals surface area (Å²) >= 11 is 0. The van der Waals surface area contributed by atoms with Crippen LogP contribution in [-0.4, -0.2) is 18.6 Å². The summed E-state index contributed by atoms with van der Waals surface area (Å²) < 4.78 is 0. The van der Waals surface area contributed by atoms with Crippen molar-refractivity contribution in [3.8, 4) is 0 Å². The molecular weight excluding hydrogens is 226 g/mol. The molecule has 0 saturated heterocycles. The zero-order chi connectivity index (χ0) is 14.8. The highest BCUT2D eigenvalue weighted by atomic mass is 16.2. The highest BCUT2D eigenvalue weighted by Crippen LogP contribution is 2.09. The van der Waals surface area contributed by atoms with E-state index < -0.39 is 0 Å². The first-order valence-corrected chi connectivity index (χ1v) is 6.40. The van der Waals surface area contributed by atoms with Gasteiger partial charge >= 0.3 is 0 Å². The minimum Gasteiger partial charge on any atom is -0.400 e. The lowest BCUT2D eigenvalue weighted by Crippen LogP contribution is -1.87. The number of unbranched alkanes of at least 4 members (excludes halogenated alkanes) is 1. The van der Waals surface area contributed by atoms with Crippen molar-refractivity contribution in [1.29, 1.82) is 0 Å². The molecule has 0 saturated carbocycles. The maximum absolute atomic E-state index is 8.58. The van der Waals surface area contributed by atoms with Gasteiger partial charge in [-0.1, -0.05) is 51.5 Å². The topological polar surface area (TPSA) is 63.3 Å². The second-order valence-electron chi connectivity index (χ2n) is 3.17. The normalized spacial score (nSPS) is 7.44. The Hall–Kier alpha value is -1.35. The van der Waals surface area contributed by atoms with Crippen LogP contribution in [0.1, 0.15) is 44.7 Å². The number of nitrogens with two attached hydrogens (primary N) is 1. The van der Waals surface area contributed by atoms with Gasteiger partial charge in [0.2, 0.25) is 6.41 Å². The summed E-state index contributed by atoms with van der Waals surface area (Å²) in [6, 6.07) is 8.64. The number of aliphatic hydroxyl groups excluding tert-OH is 1. The molecule has 0 radical (unpaired) electrons. The lowest BCUT2D eigenvalue weighted by molar-refractivity contribution is -0.106. The third-order valence-electron chi connectivity index (χ3n) is 2.06. The van der Waals surface area contributed by atoms with Crippen LogP contribution in [0.5, 0.6) is 0 Å². The second-order valence-corrected chi connectivity index (χ2v) is 3.17. The molecule has 0 spiro atoms. The maximum atomic E-state index is 8.58. The van der Waals surface area contributed by atoms with Gasteiger partial charge in [-0.3, -0.25) is 4.79 Å². The fourth-order valence-corrected chi connectivity index (χ4v) is 1.26. The van der Waals surface area contributed by atoms with Crippen LogP contribution in [0, 0.1) is 6.92 Å². The van der Waals surface area contributed by atoms with Gasteiger partial charge < -0.3 is 10.8 Å². The van der Waals surface area contributed by atoms with Gasteiger partial charge in [-0.25, -0.2) is 0 Å². The molecule has 1 amide bonds. The fourth-order valence-electron chi connectivity index (χ4n) is 1.26. The molecule has 0 heterocycles. The Morgan fingerprint density at radius 1 is 1.22 bits per heavy atom. The molecule has 1 rings (SSSR count). The van der Waals surface area contributed by atoms with E-state index in [1.54, 1.807) is 0 Å². The van der Waals surface area contributed by atoms with Crippen LogP contribution in [0.25, 0.3) is 0 Å². The van der Waals surface area contributed by atoms with Crippen LogP contribution in [0.15, 0.2) is 24.3 Å². The molecule has 0 aliphatic carbocycles. The summed E-state index contributed by atoms with van der Waals surface area (Å²) in [7, 11) is 1.00. The number of carbonyl (C=O) groups is 1. The van der Waals surface area contributed by atoms with E-state index in [-0.39, 0.29) is 6.41 Å². The second kappa shape index (κ2) is 21.0. The first-order valence-electron chi connectivity index (χ1n) is 6.40. The molecule has 0 aliphatic heterocycles. The number of aliphatic hydroxyl groups is 1. The zero-order valence-corrected chi connectivity index (χ0v) is 12.4. The summed E-state index contributed by atoms with van der Waals surface area (Å²) in [6.45, 7) is 8.42. The highest BCUT2D eigenvalue weighted by Gasteiger charge is 1.94. The molecule has 3 N–H and O–H groups in total. The number of hydrogen-bond acceptors (Lipinski definition) is 2. The minimum absolute atomic E-state index is 0.250. The fraction of sp³-hybridized carbons (Fsp3) is 0.533. The number of hydrogen-bond donors (Lipinski definition) is 2. The predicted octanol–water partition coefficient (Wildman–Crippen LogP) is 3.07. The maximum Gasteiger partial charge on any atom is 0.204 e. The Kier molecular flexibility index (Phi) is 25.5. The van der Waals surface area contributed by atoms with E-state index in [4.69, 9.17) is 9.90 Å². The van der Waals surface area contributed by atoms with Crippen molar-refractivity contribution < 1.29 is 9.90 Å². The van der Waals surface area contributed by atoms with Gasteiger partial charge in [0.25, 0.3) is 0 Å². The molecule has 0 unspecified atom stereocenters. The molecule has 0 atom stereocenters. The van der Waals surface area contributed by atoms with E-state index in [1.807, 2.05) is 13.8 Å². The van der Waals surface area contributed by atoms with E-state index in [0.29, 0.717) is 0 Å². The largest absolute Gasteiger partial charge is 0.400 e. The van der Waals surface area contributed by atoms with Gasteiger partial charge in [0.1, 0.15) is 0 Å². The molecule has 18 heavy (non-hydrogen) atoms. The molecule has 1 aromatic rings. The molecule has 1 aromatic carbocycles. The number of aryl methyl sites for hydroxylation is 2. The van der Waals surface area contributed by atoms with Gasteiger partial charge in [-0.15, -0.1) is 0 Å². The standard InChI is InChI=1S/C11H16.C2H6.CH3NO.CH4O/c1-3-4-8-11-9-6-5-7-10(11)2;1-2;2-1-3;1-2/h5-7,9H,3-4,8H2,1-2H3;1-2H3;1H,(H2,2,3);2H,1H3. The predicted molar refractivity (Wildman–Crippen MR) is 79.5 cm³/mol. The van der Waals surface area contributed by atoms with Crippen molar-refractivity contribution in [2.24, 2.45) is 5.73 Å². The quantitative estimate of drug-likeness (QED) is 0.815. The van der Waals surface area contributed by atoms with Crippen LogP contribution >= 0.6 is 0 Å². The monoisotopic (exact) mass is 255 g/mol. The summed E-state index contributed by atoms with van der Waals surface area (Å²) in [5.41, 5.74) is 7.11. The lowest BCUT2D eigenvalue weighted by Gasteiger charge is -2.02. The third-order valence-corrected chi connectivity index (χ3v) is 2.06. The SMILES string of the molecule is CC.CCCCc1ccccc1C.CO.NC=O. The summed E-state index contributed by atoms with van der Waals surface area (Å²) in [5.74, 6) is 0. The smallest absolute Gasteiger partial charge is 0.204 e. The molecule has 0 aromatic heterocycles. The van der Waals surface area contributed by atoms with Gasteiger partial charge in [-0.05, 0) is 30.9 Å². The molecule has 106 valence electrons. The average molecular weight is 255 g/mol. The van der Waals surface area contributed by atoms with E-state index in [2.05, 4.69) is 43.8 Å². The van der Waals surface area contributed by atoms with Crippen LogP contribution in [0.4, 0.5) is 0 Å². The highest BCUT2D eigenvalue weighted by molar-refractivity contribution is 5.42. The molecule has 3 heteroatoms. The van der Waals surface area contributed by atoms with Crippen molar-refractivity contribution in [3.05, 3.63) is 35.4 Å². The molecule has 0 bridgehead atoms. The number of primary amides is 1. The average Bonchev–Trinajstić information content (AvgIpc) is 2.43. The van der Waals surface area contributed by atoms with E-state index in [1.165, 1.54) is 30.4 Å². The van der Waals surface area contributed by atoms with Gasteiger partial charge in [0.05, 0.1) is 0 Å². The first-order chi connectivity index (χ1) is 8.76. The zero-order valence-electron chi connectivity index (χ0n) is 12.4. The molecule has 0 fully saturated rings. The van der Waals surface area contributed by atoms with Crippen molar-refractivity contribution in [1.82, 2.24) is 0 Å². The van der Waals surface area contributed by atoms with Crippen LogP contribution in [-0.2, 0) is 11.2 Å². The van der Waals surface area contributed by atoms with E-state index >= 15 is 0 Å². The Balaban J connectivity index is -0.000000274. The minimum atomic E-state index is 0.250. The van der Waals surface area contributed by atoms with Gasteiger partial charge in [-0.2, -0.15) is 0 Å². The van der Waals surface area contributed by atoms with Crippen molar-refractivity contribution in [2.45, 2.75) is 47.0 Å².